The Balaban J connectivity index is 1.74. The monoisotopic (exact) mass is 497 g/mol. The van der Waals surface area contributed by atoms with Crippen LogP contribution in [0.4, 0.5) is 0 Å². The van der Waals surface area contributed by atoms with Gasteiger partial charge >= 0.3 is 0 Å². The van der Waals surface area contributed by atoms with E-state index in [2.05, 4.69) is 15.9 Å². The van der Waals surface area contributed by atoms with Crippen molar-refractivity contribution in [3.63, 3.8) is 0 Å². The summed E-state index contributed by atoms with van der Waals surface area (Å²) in [5, 5.41) is 10.9. The number of halogens is 1. The number of methoxy groups -OCH3 is 1. The molecule has 1 saturated heterocycles. The molecule has 32 heavy (non-hydrogen) atoms. The van der Waals surface area contributed by atoms with Crippen LogP contribution >= 0.6 is 15.9 Å². The smallest absolute Gasteiger partial charge is 0.233 e. The molecular weight excluding hydrogens is 478 g/mol. The number of nitrogens with zero attached hydrogens (tertiary/aromatic N) is 1. The number of carbonyl (C=O) groups excluding carboxylic acids is 4. The van der Waals surface area contributed by atoms with Crippen LogP contribution in [-0.4, -0.2) is 47.5 Å². The molecule has 4 unspecified atom stereocenters. The van der Waals surface area contributed by atoms with Gasteiger partial charge in [-0.05, 0) is 40.8 Å². The maximum atomic E-state index is 13.1. The molecule has 7 nitrogen and oxygen atoms in total. The van der Waals surface area contributed by atoms with Crippen LogP contribution in [0, 0.1) is 17.8 Å². The van der Waals surface area contributed by atoms with Gasteiger partial charge < -0.3 is 9.84 Å². The molecule has 1 aromatic rings. The van der Waals surface area contributed by atoms with E-state index < -0.39 is 23.7 Å². The number of phenolic OH excluding ortho intramolecular Hbond substituents is 1. The average molecular weight is 498 g/mol. The van der Waals surface area contributed by atoms with Crippen molar-refractivity contribution < 1.29 is 29.0 Å². The van der Waals surface area contributed by atoms with Gasteiger partial charge in [0.1, 0.15) is 0 Å². The van der Waals surface area contributed by atoms with E-state index in [1.165, 1.54) is 20.2 Å². The molecule has 1 aromatic carbocycles. The number of fused-ring (bicyclic) bond motifs is 3. The fourth-order valence-electron chi connectivity index (χ4n) is 5.66. The number of amides is 2. The summed E-state index contributed by atoms with van der Waals surface area (Å²) in [6, 6.07) is 5.02. The first kappa shape index (κ1) is 20.9. The number of carbonyl (C=O) groups is 4. The fourth-order valence-corrected chi connectivity index (χ4v) is 6.10. The summed E-state index contributed by atoms with van der Waals surface area (Å²) in [5.41, 5.74) is 1.86. The summed E-state index contributed by atoms with van der Waals surface area (Å²) in [6.45, 7) is 0. The Hall–Kier alpha value is -3.00. The molecule has 5 rings (SSSR count). The van der Waals surface area contributed by atoms with Gasteiger partial charge in [0.2, 0.25) is 11.8 Å². The Labute approximate surface area is 192 Å². The van der Waals surface area contributed by atoms with Crippen molar-refractivity contribution in [2.75, 3.05) is 14.2 Å². The van der Waals surface area contributed by atoms with Crippen LogP contribution in [0.15, 0.2) is 51.6 Å². The van der Waals surface area contributed by atoms with Gasteiger partial charge in [-0.2, -0.15) is 0 Å². The van der Waals surface area contributed by atoms with Crippen molar-refractivity contribution in [1.29, 1.82) is 0 Å². The van der Waals surface area contributed by atoms with Crippen LogP contribution in [0.2, 0.25) is 0 Å². The average Bonchev–Trinajstić information content (AvgIpc) is 3.00. The number of imide groups is 1. The Kier molecular flexibility index (Phi) is 4.74. The Bertz CT molecular complexity index is 1210. The molecule has 1 fully saturated rings. The Morgan fingerprint density at radius 2 is 1.88 bits per heavy atom. The fraction of sp³-hybridized carbons (Fsp3) is 0.333. The molecule has 4 atom stereocenters. The summed E-state index contributed by atoms with van der Waals surface area (Å²) in [7, 11) is 2.92. The number of hydrogen-bond donors (Lipinski definition) is 1. The predicted octanol–water partition coefficient (Wildman–Crippen LogP) is 2.79. The molecule has 0 saturated carbocycles. The van der Waals surface area contributed by atoms with Gasteiger partial charge in [0.15, 0.2) is 23.1 Å². The number of phenols is 1. The standard InChI is InChI=1S/C24H20BrNO6/c1-26-23(30)12-7-6-10-13(19(12)24(26)31)8-14-20(16(27)9-15(25)21(14)28)18(10)11-4-3-5-17(32-2)22(11)29/h3-6,9,12-13,18-19,29H,7-8H2,1-2H3. The highest BCUT2D eigenvalue weighted by Crippen LogP contribution is 2.56. The summed E-state index contributed by atoms with van der Waals surface area (Å²) >= 11 is 3.19. The number of hydrogen-bond acceptors (Lipinski definition) is 6. The minimum absolute atomic E-state index is 0.115. The molecule has 0 radical (unpaired) electrons. The Morgan fingerprint density at radius 3 is 2.59 bits per heavy atom. The minimum Gasteiger partial charge on any atom is -0.504 e. The van der Waals surface area contributed by atoms with Crippen molar-refractivity contribution in [3.8, 4) is 11.5 Å². The van der Waals surface area contributed by atoms with Crippen LogP contribution in [0.25, 0.3) is 0 Å². The van der Waals surface area contributed by atoms with Gasteiger partial charge in [-0.25, -0.2) is 0 Å². The number of ether oxygens (including phenoxy) is 1. The van der Waals surface area contributed by atoms with Crippen molar-refractivity contribution in [2.24, 2.45) is 17.8 Å². The number of Topliss-reactive ketones (excluding diaryl/α,β-unsaturated/α-hetero) is 1. The van der Waals surface area contributed by atoms with E-state index in [1.54, 1.807) is 18.2 Å². The second-order valence-corrected chi connectivity index (χ2v) is 9.38. The Morgan fingerprint density at radius 1 is 1.12 bits per heavy atom. The molecular formula is C24H20BrNO6. The first-order valence-electron chi connectivity index (χ1n) is 10.3. The highest BCUT2D eigenvalue weighted by Gasteiger charge is 2.55. The van der Waals surface area contributed by atoms with Gasteiger partial charge in [0.25, 0.3) is 0 Å². The normalized spacial score (nSPS) is 29.4. The van der Waals surface area contributed by atoms with Gasteiger partial charge in [-0.15, -0.1) is 0 Å². The quantitative estimate of drug-likeness (QED) is 0.383. The van der Waals surface area contributed by atoms with E-state index in [-0.39, 0.29) is 45.8 Å². The van der Waals surface area contributed by atoms with Crippen LogP contribution < -0.4 is 4.74 Å². The maximum absolute atomic E-state index is 13.1. The van der Waals surface area contributed by atoms with Crippen molar-refractivity contribution in [3.05, 3.63) is 57.1 Å². The number of ketones is 2. The third-order valence-corrected chi connectivity index (χ3v) is 7.70. The van der Waals surface area contributed by atoms with Crippen LogP contribution in [0.3, 0.4) is 0 Å². The van der Waals surface area contributed by atoms with Gasteiger partial charge in [-0.3, -0.25) is 24.1 Å². The SMILES string of the molecule is COc1cccc(C2C3=CCC4C(=O)N(C)C(=O)C4C3CC3=C2C(=O)C=C(Br)C3=O)c1O. The second-order valence-electron chi connectivity index (χ2n) is 8.53. The first-order chi connectivity index (χ1) is 15.3. The number of aromatic hydroxyl groups is 1. The number of allylic oxidation sites excluding steroid dienone is 6. The lowest BCUT2D eigenvalue weighted by Crippen LogP contribution is -2.39. The molecule has 2 amide bonds. The maximum Gasteiger partial charge on any atom is 0.233 e. The first-order valence-corrected chi connectivity index (χ1v) is 11.1. The van der Waals surface area contributed by atoms with Crippen molar-refractivity contribution in [1.82, 2.24) is 4.90 Å². The molecule has 0 bridgehead atoms. The summed E-state index contributed by atoms with van der Waals surface area (Å²) in [6.07, 6.45) is 3.74. The highest BCUT2D eigenvalue weighted by molar-refractivity contribution is 9.12. The lowest BCUT2D eigenvalue weighted by molar-refractivity contribution is -0.138. The number of likely N-dealkylation sites (tertiary alicyclic amines) is 1. The van der Waals surface area contributed by atoms with E-state index in [4.69, 9.17) is 4.74 Å². The zero-order valence-electron chi connectivity index (χ0n) is 17.4. The van der Waals surface area contributed by atoms with Crippen LogP contribution in [-0.2, 0) is 19.2 Å². The molecule has 1 heterocycles. The molecule has 1 N–H and O–H groups in total. The summed E-state index contributed by atoms with van der Waals surface area (Å²) in [5.74, 6) is -3.17. The third-order valence-electron chi connectivity index (χ3n) is 7.11. The number of para-hydroxylation sites is 1. The minimum atomic E-state index is -0.707. The van der Waals surface area contributed by atoms with E-state index in [0.29, 0.717) is 23.1 Å². The van der Waals surface area contributed by atoms with E-state index in [0.717, 1.165) is 10.5 Å². The van der Waals surface area contributed by atoms with Crippen molar-refractivity contribution in [2.45, 2.75) is 18.8 Å². The summed E-state index contributed by atoms with van der Waals surface area (Å²) < 4.78 is 5.43. The van der Waals surface area contributed by atoms with Gasteiger partial charge in [0.05, 0.1) is 23.4 Å². The largest absolute Gasteiger partial charge is 0.504 e. The van der Waals surface area contributed by atoms with E-state index >= 15 is 0 Å². The molecule has 164 valence electrons. The van der Waals surface area contributed by atoms with E-state index in [1.807, 2.05) is 6.08 Å². The molecule has 4 aliphatic rings. The molecule has 0 aromatic heterocycles. The highest BCUT2D eigenvalue weighted by atomic mass is 79.9. The zero-order chi connectivity index (χ0) is 22.9. The lowest BCUT2D eigenvalue weighted by atomic mass is 9.59. The topological polar surface area (TPSA) is 101 Å². The molecule has 3 aliphatic carbocycles. The summed E-state index contributed by atoms with van der Waals surface area (Å²) in [4.78, 5) is 53.0. The lowest BCUT2D eigenvalue weighted by Gasteiger charge is -2.42. The number of rotatable bonds is 2. The molecule has 0 spiro atoms. The molecule has 1 aliphatic heterocycles. The van der Waals surface area contributed by atoms with Gasteiger partial charge in [0, 0.05) is 35.8 Å². The number of benzene rings is 1. The van der Waals surface area contributed by atoms with E-state index in [9.17, 15) is 24.3 Å². The van der Waals surface area contributed by atoms with Crippen LogP contribution in [0.1, 0.15) is 24.3 Å². The second kappa shape index (κ2) is 7.27. The molecule has 8 heteroatoms. The van der Waals surface area contributed by atoms with Crippen molar-refractivity contribution >= 4 is 39.3 Å². The van der Waals surface area contributed by atoms with Crippen LogP contribution in [0.5, 0.6) is 11.5 Å². The zero-order valence-corrected chi connectivity index (χ0v) is 19.0. The van der Waals surface area contributed by atoms with Gasteiger partial charge in [-0.1, -0.05) is 23.8 Å². The predicted molar refractivity (Wildman–Crippen MR) is 117 cm³/mol. The third kappa shape index (κ3) is 2.71.